The van der Waals surface area contributed by atoms with E-state index in [0.29, 0.717) is 6.61 Å². The molecule has 2 N–H and O–H groups in total. The highest BCUT2D eigenvalue weighted by atomic mass is 16.5. The number of rotatable bonds is 1. The molecular formula is C13H13N3O. The number of fused-ring (bicyclic) bond motifs is 1. The predicted molar refractivity (Wildman–Crippen MR) is 66.8 cm³/mol. The van der Waals surface area contributed by atoms with Crippen molar-refractivity contribution in [2.75, 3.05) is 6.61 Å². The highest BCUT2D eigenvalue weighted by Crippen LogP contribution is 2.25. The van der Waals surface area contributed by atoms with Gasteiger partial charge in [-0.3, -0.25) is 4.98 Å². The number of pyridine rings is 1. The fourth-order valence-electron chi connectivity index (χ4n) is 2.02. The number of nitrogens with two attached hydrogens (primary N) is 1. The summed E-state index contributed by atoms with van der Waals surface area (Å²) in [7, 11) is 0. The first-order chi connectivity index (χ1) is 8.22. The van der Waals surface area contributed by atoms with E-state index in [9.17, 15) is 0 Å². The molecule has 4 nitrogen and oxygen atoms in total. The summed E-state index contributed by atoms with van der Waals surface area (Å²) in [6.45, 7) is 2.51. The largest absolute Gasteiger partial charge is 0.463 e. The van der Waals surface area contributed by atoms with Crippen molar-refractivity contribution in [1.82, 2.24) is 4.98 Å². The van der Waals surface area contributed by atoms with Crippen LogP contribution >= 0.6 is 0 Å². The number of ether oxygens (including phenoxy) is 1. The Morgan fingerprint density at radius 2 is 2.18 bits per heavy atom. The molecule has 0 fully saturated rings. The molecule has 0 saturated heterocycles. The number of nitrogens with zero attached hydrogens (tertiary/aromatic N) is 2. The molecule has 0 aliphatic carbocycles. The highest BCUT2D eigenvalue weighted by molar-refractivity contribution is 5.80. The van der Waals surface area contributed by atoms with Crippen LogP contribution in [-0.4, -0.2) is 17.6 Å². The van der Waals surface area contributed by atoms with Gasteiger partial charge in [0.05, 0.1) is 5.52 Å². The normalized spacial score (nSPS) is 19.1. The summed E-state index contributed by atoms with van der Waals surface area (Å²) >= 11 is 0. The Morgan fingerprint density at radius 1 is 1.29 bits per heavy atom. The summed E-state index contributed by atoms with van der Waals surface area (Å²) in [5.41, 5.74) is 8.65. The van der Waals surface area contributed by atoms with E-state index in [1.807, 2.05) is 25.1 Å². The molecule has 1 aromatic heterocycles. The fourth-order valence-corrected chi connectivity index (χ4v) is 2.02. The van der Waals surface area contributed by atoms with Gasteiger partial charge in [-0.2, -0.15) is 0 Å². The fraction of sp³-hybridized carbons (Fsp3) is 0.231. The van der Waals surface area contributed by atoms with Gasteiger partial charge >= 0.3 is 0 Å². The Morgan fingerprint density at radius 3 is 2.94 bits per heavy atom. The van der Waals surface area contributed by atoms with Crippen molar-refractivity contribution < 1.29 is 4.74 Å². The average molecular weight is 227 g/mol. The molecule has 0 spiro atoms. The smallest absolute Gasteiger partial charge is 0.282 e. The van der Waals surface area contributed by atoms with Gasteiger partial charge in [-0.25, -0.2) is 4.99 Å². The lowest BCUT2D eigenvalue weighted by molar-refractivity contribution is 0.315. The Balaban J connectivity index is 2.05. The van der Waals surface area contributed by atoms with Gasteiger partial charge < -0.3 is 10.5 Å². The second-order valence-corrected chi connectivity index (χ2v) is 4.20. The van der Waals surface area contributed by atoms with E-state index in [-0.39, 0.29) is 12.1 Å². The van der Waals surface area contributed by atoms with E-state index in [1.54, 1.807) is 0 Å². The number of hydrogen-bond donors (Lipinski definition) is 1. The van der Waals surface area contributed by atoms with Crippen LogP contribution in [0, 0.1) is 6.92 Å². The first-order valence-corrected chi connectivity index (χ1v) is 5.56. The van der Waals surface area contributed by atoms with Gasteiger partial charge in [0.15, 0.2) is 0 Å². The SMILES string of the molecule is Cc1ccc2cc(C3COC(N)=N3)ccc2n1. The number of hydrogen-bond acceptors (Lipinski definition) is 4. The van der Waals surface area contributed by atoms with E-state index >= 15 is 0 Å². The van der Waals surface area contributed by atoms with Crippen LogP contribution in [0.2, 0.25) is 0 Å². The Hall–Kier alpha value is -2.10. The number of amidine groups is 1. The maximum atomic E-state index is 5.51. The van der Waals surface area contributed by atoms with Crippen molar-refractivity contribution >= 4 is 16.9 Å². The first-order valence-electron chi connectivity index (χ1n) is 5.56. The number of benzene rings is 1. The minimum absolute atomic E-state index is 0.0145. The minimum atomic E-state index is 0.0145. The number of aryl methyl sites for hydroxylation is 1. The predicted octanol–water partition coefficient (Wildman–Crippen LogP) is 1.93. The summed E-state index contributed by atoms with van der Waals surface area (Å²) in [6.07, 6.45) is 0. The molecule has 1 aromatic carbocycles. The average Bonchev–Trinajstić information content (AvgIpc) is 2.75. The summed E-state index contributed by atoms with van der Waals surface area (Å²) in [4.78, 5) is 8.70. The van der Waals surface area contributed by atoms with Crippen LogP contribution < -0.4 is 5.73 Å². The van der Waals surface area contributed by atoms with Gasteiger partial charge in [-0.1, -0.05) is 12.1 Å². The molecule has 2 aromatic rings. The summed E-state index contributed by atoms with van der Waals surface area (Å²) in [5.74, 6) is 0. The third-order valence-corrected chi connectivity index (χ3v) is 2.91. The highest BCUT2D eigenvalue weighted by Gasteiger charge is 2.18. The third kappa shape index (κ3) is 1.82. The zero-order valence-corrected chi connectivity index (χ0v) is 9.55. The quantitative estimate of drug-likeness (QED) is 0.809. The third-order valence-electron chi connectivity index (χ3n) is 2.91. The van der Waals surface area contributed by atoms with Crippen LogP contribution in [0.4, 0.5) is 0 Å². The summed E-state index contributed by atoms with van der Waals surface area (Å²) in [6, 6.07) is 10.5. The lowest BCUT2D eigenvalue weighted by atomic mass is 10.1. The second-order valence-electron chi connectivity index (χ2n) is 4.20. The lowest BCUT2D eigenvalue weighted by Crippen LogP contribution is -2.10. The monoisotopic (exact) mass is 227 g/mol. The zero-order chi connectivity index (χ0) is 11.8. The van der Waals surface area contributed by atoms with Crippen LogP contribution in [0.5, 0.6) is 0 Å². The maximum Gasteiger partial charge on any atom is 0.282 e. The van der Waals surface area contributed by atoms with Crippen molar-refractivity contribution in [3.05, 3.63) is 41.6 Å². The molecule has 86 valence electrons. The van der Waals surface area contributed by atoms with Gasteiger partial charge in [-0.05, 0) is 30.7 Å². The molecule has 4 heteroatoms. The number of aliphatic imine (C=N–C) groups is 1. The van der Waals surface area contributed by atoms with Crippen molar-refractivity contribution in [3.63, 3.8) is 0 Å². The van der Waals surface area contributed by atoms with Crippen LogP contribution in [0.25, 0.3) is 10.9 Å². The Kier molecular flexibility index (Phi) is 2.21. The van der Waals surface area contributed by atoms with Gasteiger partial charge in [0.2, 0.25) is 0 Å². The summed E-state index contributed by atoms with van der Waals surface area (Å²) in [5, 5.41) is 1.12. The van der Waals surface area contributed by atoms with Crippen LogP contribution in [0.3, 0.4) is 0 Å². The molecule has 1 atom stereocenters. The van der Waals surface area contributed by atoms with Gasteiger partial charge in [0, 0.05) is 11.1 Å². The van der Waals surface area contributed by atoms with Crippen molar-refractivity contribution in [1.29, 1.82) is 0 Å². The van der Waals surface area contributed by atoms with E-state index in [2.05, 4.69) is 22.1 Å². The molecular weight excluding hydrogens is 214 g/mol. The molecule has 0 bridgehead atoms. The van der Waals surface area contributed by atoms with E-state index in [0.717, 1.165) is 22.2 Å². The van der Waals surface area contributed by atoms with Crippen LogP contribution in [0.1, 0.15) is 17.3 Å². The maximum absolute atomic E-state index is 5.51. The van der Waals surface area contributed by atoms with Gasteiger partial charge in [0.1, 0.15) is 12.6 Å². The molecule has 0 amide bonds. The molecule has 0 radical (unpaired) electrons. The van der Waals surface area contributed by atoms with Gasteiger partial charge in [-0.15, -0.1) is 0 Å². The first kappa shape index (κ1) is 10.1. The zero-order valence-electron chi connectivity index (χ0n) is 9.55. The van der Waals surface area contributed by atoms with Crippen molar-refractivity contribution in [2.45, 2.75) is 13.0 Å². The standard InChI is InChI=1S/C13H13N3O/c1-8-2-3-9-6-10(4-5-11(9)15-8)12-7-17-13(14)16-12/h2-6,12H,7H2,1H3,(H2,14,16). The topological polar surface area (TPSA) is 60.5 Å². The van der Waals surface area contributed by atoms with E-state index < -0.39 is 0 Å². The van der Waals surface area contributed by atoms with Crippen molar-refractivity contribution in [3.8, 4) is 0 Å². The van der Waals surface area contributed by atoms with Crippen LogP contribution in [0.15, 0.2) is 35.3 Å². The van der Waals surface area contributed by atoms with E-state index in [1.165, 1.54) is 0 Å². The molecule has 3 rings (SSSR count). The van der Waals surface area contributed by atoms with Crippen LogP contribution in [-0.2, 0) is 4.74 Å². The number of aromatic nitrogens is 1. The molecule has 2 heterocycles. The van der Waals surface area contributed by atoms with Gasteiger partial charge in [0.25, 0.3) is 6.02 Å². The summed E-state index contributed by atoms with van der Waals surface area (Å²) < 4.78 is 5.16. The minimum Gasteiger partial charge on any atom is -0.463 e. The van der Waals surface area contributed by atoms with E-state index in [4.69, 9.17) is 10.5 Å². The van der Waals surface area contributed by atoms with Crippen molar-refractivity contribution in [2.24, 2.45) is 10.7 Å². The molecule has 17 heavy (non-hydrogen) atoms. The second kappa shape index (κ2) is 3.73. The Bertz CT molecular complexity index is 607. The molecule has 1 aliphatic rings. The lowest BCUT2D eigenvalue weighted by Gasteiger charge is -2.07. The molecule has 1 aliphatic heterocycles. The molecule has 1 unspecified atom stereocenters. The molecule has 0 saturated carbocycles. The Labute approximate surface area is 99.1 Å².